The van der Waals surface area contributed by atoms with E-state index in [0.29, 0.717) is 5.56 Å². The minimum Gasteiger partial charge on any atom is -0.478 e. The van der Waals surface area contributed by atoms with Crippen molar-refractivity contribution in [2.75, 3.05) is 5.32 Å². The largest absolute Gasteiger partial charge is 0.478 e. The number of halogens is 2. The normalized spacial score (nSPS) is 10.2. The molecule has 2 aromatic rings. The molecule has 0 aromatic heterocycles. The van der Waals surface area contributed by atoms with Crippen molar-refractivity contribution in [3.63, 3.8) is 0 Å². The number of aryl methyl sites for hydroxylation is 1. The highest BCUT2D eigenvalue weighted by atomic mass is 35.5. The van der Waals surface area contributed by atoms with Crippen LogP contribution in [-0.2, 0) is 0 Å². The van der Waals surface area contributed by atoms with Crippen molar-refractivity contribution in [3.8, 4) is 0 Å². The molecule has 2 aromatic carbocycles. The molecule has 0 heterocycles. The number of nitrogens with one attached hydrogen (secondary N) is 1. The fraction of sp³-hybridized carbons (Fsp3) is 0.0667. The molecule has 0 fully saturated rings. The molecule has 0 atom stereocenters. The van der Waals surface area contributed by atoms with Crippen LogP contribution < -0.4 is 5.32 Å². The summed E-state index contributed by atoms with van der Waals surface area (Å²) in [5.41, 5.74) is 0.339. The number of carboxylic acid groups (broad SMARTS) is 1. The minimum atomic E-state index is -1.22. The summed E-state index contributed by atoms with van der Waals surface area (Å²) in [6.45, 7) is 1.58. The zero-order valence-corrected chi connectivity index (χ0v) is 11.7. The molecule has 0 saturated heterocycles. The van der Waals surface area contributed by atoms with Gasteiger partial charge >= 0.3 is 5.97 Å². The predicted octanol–water partition coefficient (Wildman–Crippen LogP) is 3.74. The fourth-order valence-corrected chi connectivity index (χ4v) is 1.97. The Kier molecular flexibility index (Phi) is 4.23. The van der Waals surface area contributed by atoms with Crippen LogP contribution in [0.4, 0.5) is 10.1 Å². The maximum absolute atomic E-state index is 13.5. The van der Waals surface area contributed by atoms with Crippen molar-refractivity contribution in [1.82, 2.24) is 0 Å². The van der Waals surface area contributed by atoms with Gasteiger partial charge in [-0.25, -0.2) is 9.18 Å². The van der Waals surface area contributed by atoms with Crippen molar-refractivity contribution in [2.45, 2.75) is 6.92 Å². The topological polar surface area (TPSA) is 66.4 Å². The molecule has 6 heteroatoms. The number of hydrogen-bond donors (Lipinski definition) is 2. The van der Waals surface area contributed by atoms with Crippen LogP contribution in [0.15, 0.2) is 36.4 Å². The highest BCUT2D eigenvalue weighted by Gasteiger charge is 2.17. The first-order chi connectivity index (χ1) is 9.90. The molecule has 0 spiro atoms. The van der Waals surface area contributed by atoms with E-state index >= 15 is 0 Å². The zero-order valence-electron chi connectivity index (χ0n) is 11.0. The lowest BCUT2D eigenvalue weighted by Crippen LogP contribution is -2.15. The van der Waals surface area contributed by atoms with Gasteiger partial charge in [-0.1, -0.05) is 23.7 Å². The molecule has 2 rings (SSSR count). The highest BCUT2D eigenvalue weighted by Crippen LogP contribution is 2.26. The van der Waals surface area contributed by atoms with Crippen LogP contribution in [0.5, 0.6) is 0 Å². The van der Waals surface area contributed by atoms with Crippen molar-refractivity contribution < 1.29 is 19.1 Å². The number of anilines is 1. The summed E-state index contributed by atoms with van der Waals surface area (Å²) < 4.78 is 13.5. The molecule has 4 nitrogen and oxygen atoms in total. The first-order valence-corrected chi connectivity index (χ1v) is 6.37. The Morgan fingerprint density at radius 3 is 2.57 bits per heavy atom. The summed E-state index contributed by atoms with van der Waals surface area (Å²) in [6, 6.07) is 8.24. The Hall–Kier alpha value is -2.40. The molecule has 0 unspecified atom stereocenters. The Bertz CT molecular complexity index is 731. The SMILES string of the molecule is Cc1ccc(C(=O)Nc2c(Cl)cccc2C(=O)O)cc1F. The van der Waals surface area contributed by atoms with E-state index in [-0.39, 0.29) is 21.8 Å². The fourth-order valence-electron chi connectivity index (χ4n) is 1.75. The highest BCUT2D eigenvalue weighted by molar-refractivity contribution is 6.34. The quantitative estimate of drug-likeness (QED) is 0.907. The van der Waals surface area contributed by atoms with Crippen LogP contribution in [0.3, 0.4) is 0 Å². The Morgan fingerprint density at radius 1 is 1.24 bits per heavy atom. The van der Waals surface area contributed by atoms with Gasteiger partial charge in [-0.3, -0.25) is 4.79 Å². The number of carbonyl (C=O) groups is 2. The van der Waals surface area contributed by atoms with Crippen molar-refractivity contribution in [3.05, 3.63) is 63.9 Å². The maximum Gasteiger partial charge on any atom is 0.337 e. The van der Waals surface area contributed by atoms with Gasteiger partial charge in [0.25, 0.3) is 5.91 Å². The molecule has 0 saturated carbocycles. The van der Waals surface area contributed by atoms with E-state index in [4.69, 9.17) is 16.7 Å². The van der Waals surface area contributed by atoms with Crippen LogP contribution in [0, 0.1) is 12.7 Å². The summed E-state index contributed by atoms with van der Waals surface area (Å²) in [7, 11) is 0. The molecule has 0 bridgehead atoms. The Labute approximate surface area is 125 Å². The van der Waals surface area contributed by atoms with Crippen molar-refractivity contribution in [1.29, 1.82) is 0 Å². The second-order valence-corrected chi connectivity index (χ2v) is 4.79. The average molecular weight is 308 g/mol. The van der Waals surface area contributed by atoms with Gasteiger partial charge < -0.3 is 10.4 Å². The second kappa shape index (κ2) is 5.93. The van der Waals surface area contributed by atoms with E-state index in [1.54, 1.807) is 6.92 Å². The molecule has 0 radical (unpaired) electrons. The smallest absolute Gasteiger partial charge is 0.337 e. The minimum absolute atomic E-state index is 0.0161. The lowest BCUT2D eigenvalue weighted by molar-refractivity contribution is 0.0698. The molecule has 108 valence electrons. The summed E-state index contributed by atoms with van der Waals surface area (Å²) in [5.74, 6) is -2.37. The van der Waals surface area contributed by atoms with Gasteiger partial charge in [0.1, 0.15) is 5.82 Å². The van der Waals surface area contributed by atoms with Crippen LogP contribution in [-0.4, -0.2) is 17.0 Å². The number of carbonyl (C=O) groups excluding carboxylic acids is 1. The third-order valence-corrected chi connectivity index (χ3v) is 3.23. The standard InChI is InChI=1S/C15H11ClFNO3/c1-8-5-6-9(7-12(8)17)14(19)18-13-10(15(20)21)3-2-4-11(13)16/h2-7H,1H3,(H,18,19)(H,20,21). The summed E-state index contributed by atoms with van der Waals surface area (Å²) in [5, 5.41) is 11.6. The van der Waals surface area contributed by atoms with Crippen LogP contribution in [0.2, 0.25) is 5.02 Å². The van der Waals surface area contributed by atoms with E-state index in [1.165, 1.54) is 30.3 Å². The lowest BCUT2D eigenvalue weighted by Gasteiger charge is -2.10. The van der Waals surface area contributed by atoms with E-state index in [1.807, 2.05) is 0 Å². The first-order valence-electron chi connectivity index (χ1n) is 5.99. The van der Waals surface area contributed by atoms with Gasteiger partial charge in [-0.05, 0) is 36.8 Å². The Balaban J connectivity index is 2.36. The van der Waals surface area contributed by atoms with Gasteiger partial charge in [0, 0.05) is 5.56 Å². The predicted molar refractivity (Wildman–Crippen MR) is 77.5 cm³/mol. The molecular weight excluding hydrogens is 297 g/mol. The third-order valence-electron chi connectivity index (χ3n) is 2.92. The van der Waals surface area contributed by atoms with Gasteiger partial charge in [0.15, 0.2) is 0 Å². The maximum atomic E-state index is 13.5. The van der Waals surface area contributed by atoms with E-state index in [0.717, 1.165) is 6.07 Å². The summed E-state index contributed by atoms with van der Waals surface area (Å²) in [4.78, 5) is 23.2. The van der Waals surface area contributed by atoms with Gasteiger partial charge in [-0.2, -0.15) is 0 Å². The van der Waals surface area contributed by atoms with Crippen molar-refractivity contribution in [2.24, 2.45) is 0 Å². The second-order valence-electron chi connectivity index (χ2n) is 4.39. The average Bonchev–Trinajstić information content (AvgIpc) is 2.43. The molecule has 0 aliphatic carbocycles. The van der Waals surface area contributed by atoms with Crippen LogP contribution in [0.1, 0.15) is 26.3 Å². The number of aromatic carboxylic acids is 1. The molecule has 1 amide bonds. The Morgan fingerprint density at radius 2 is 1.95 bits per heavy atom. The molecule has 2 N–H and O–H groups in total. The lowest BCUT2D eigenvalue weighted by atomic mass is 10.1. The number of rotatable bonds is 3. The number of hydrogen-bond acceptors (Lipinski definition) is 2. The molecule has 0 aliphatic heterocycles. The van der Waals surface area contributed by atoms with Crippen LogP contribution >= 0.6 is 11.6 Å². The number of para-hydroxylation sites is 1. The monoisotopic (exact) mass is 307 g/mol. The number of benzene rings is 2. The van der Waals surface area contributed by atoms with Gasteiger partial charge in [-0.15, -0.1) is 0 Å². The summed E-state index contributed by atoms with van der Waals surface area (Å²) in [6.07, 6.45) is 0. The van der Waals surface area contributed by atoms with E-state index < -0.39 is 17.7 Å². The molecular formula is C15H11ClFNO3. The van der Waals surface area contributed by atoms with E-state index in [2.05, 4.69) is 5.32 Å². The summed E-state index contributed by atoms with van der Waals surface area (Å²) >= 11 is 5.91. The number of carboxylic acids is 1. The molecule has 21 heavy (non-hydrogen) atoms. The van der Waals surface area contributed by atoms with E-state index in [9.17, 15) is 14.0 Å². The van der Waals surface area contributed by atoms with Gasteiger partial charge in [0.05, 0.1) is 16.3 Å². The van der Waals surface area contributed by atoms with Gasteiger partial charge in [0.2, 0.25) is 0 Å². The zero-order chi connectivity index (χ0) is 15.6. The third kappa shape index (κ3) is 3.20. The first kappa shape index (κ1) is 15.0. The molecule has 0 aliphatic rings. The van der Waals surface area contributed by atoms with Crippen molar-refractivity contribution >= 4 is 29.2 Å². The number of amides is 1. The van der Waals surface area contributed by atoms with Crippen LogP contribution in [0.25, 0.3) is 0 Å².